The quantitative estimate of drug-likeness (QED) is 0.349. The second-order valence-electron chi connectivity index (χ2n) is 8.49. The van der Waals surface area contributed by atoms with Crippen molar-refractivity contribution in [3.63, 3.8) is 0 Å². The van der Waals surface area contributed by atoms with E-state index >= 15 is 0 Å². The van der Waals surface area contributed by atoms with Gasteiger partial charge in [-0.15, -0.1) is 0 Å². The molecule has 2 aromatic rings. The number of methoxy groups -OCH3 is 1. The van der Waals surface area contributed by atoms with Gasteiger partial charge in [0, 0.05) is 6.04 Å². The molecule has 0 radical (unpaired) electrons. The molecule has 10 nitrogen and oxygen atoms in total. The molecule has 0 saturated heterocycles. The Hall–Kier alpha value is -3.60. The Labute approximate surface area is 211 Å². The summed E-state index contributed by atoms with van der Waals surface area (Å²) >= 11 is 0. The number of ether oxygens (including phenoxy) is 2. The Bertz CT molecular complexity index is 1160. The molecule has 0 aromatic heterocycles. The van der Waals surface area contributed by atoms with E-state index in [4.69, 9.17) is 9.47 Å². The smallest absolute Gasteiger partial charge is 0.260 e. The summed E-state index contributed by atoms with van der Waals surface area (Å²) in [7, 11) is -2.33. The molecule has 0 spiro atoms. The molecule has 2 amide bonds. The highest BCUT2D eigenvalue weighted by Gasteiger charge is 2.23. The molecular formula is C25H32N4O6S. The molecule has 11 heteroatoms. The van der Waals surface area contributed by atoms with Crippen LogP contribution >= 0.6 is 0 Å². The highest BCUT2D eigenvalue weighted by atomic mass is 32.2. The van der Waals surface area contributed by atoms with Gasteiger partial charge in [-0.1, -0.05) is 31.4 Å². The van der Waals surface area contributed by atoms with Gasteiger partial charge < -0.3 is 14.8 Å². The van der Waals surface area contributed by atoms with Gasteiger partial charge in [-0.3, -0.25) is 13.9 Å². The van der Waals surface area contributed by atoms with Crippen molar-refractivity contribution >= 4 is 33.7 Å². The van der Waals surface area contributed by atoms with Crippen molar-refractivity contribution in [1.29, 1.82) is 0 Å². The summed E-state index contributed by atoms with van der Waals surface area (Å²) in [5.74, 6) is 0.113. The van der Waals surface area contributed by atoms with E-state index in [0.29, 0.717) is 17.1 Å². The number of rotatable bonds is 11. The molecule has 1 aliphatic carbocycles. The SMILES string of the molecule is COc1ccccc1N(CC(=O)NN=Cc1ccc(OCC(=O)NC2CCCCC2)cc1)S(C)(=O)=O. The van der Waals surface area contributed by atoms with Crippen LogP contribution in [0.3, 0.4) is 0 Å². The number of benzene rings is 2. The predicted molar refractivity (Wildman–Crippen MR) is 138 cm³/mol. The summed E-state index contributed by atoms with van der Waals surface area (Å²) in [4.78, 5) is 24.5. The van der Waals surface area contributed by atoms with Gasteiger partial charge in [0.25, 0.3) is 11.8 Å². The number of nitrogens with zero attached hydrogens (tertiary/aromatic N) is 2. The number of anilines is 1. The van der Waals surface area contributed by atoms with Gasteiger partial charge in [0.1, 0.15) is 18.0 Å². The first kappa shape index (κ1) is 27.0. The van der Waals surface area contributed by atoms with Crippen LogP contribution in [-0.2, 0) is 19.6 Å². The number of hydrogen-bond donors (Lipinski definition) is 2. The Morgan fingerprint density at radius 1 is 1.06 bits per heavy atom. The molecule has 0 unspecified atom stereocenters. The van der Waals surface area contributed by atoms with Crippen LogP contribution < -0.4 is 24.5 Å². The Kier molecular flexibility index (Phi) is 9.69. The van der Waals surface area contributed by atoms with Gasteiger partial charge in [0.15, 0.2) is 6.61 Å². The van der Waals surface area contributed by atoms with Crippen molar-refractivity contribution in [2.45, 2.75) is 38.1 Å². The van der Waals surface area contributed by atoms with E-state index in [1.165, 1.54) is 19.7 Å². The molecule has 194 valence electrons. The molecule has 0 heterocycles. The van der Waals surface area contributed by atoms with Crippen molar-refractivity contribution < 1.29 is 27.5 Å². The second kappa shape index (κ2) is 12.9. The van der Waals surface area contributed by atoms with E-state index in [1.54, 1.807) is 48.5 Å². The number of carbonyl (C=O) groups is 2. The van der Waals surface area contributed by atoms with Crippen LogP contribution in [-0.4, -0.2) is 59.0 Å². The molecule has 0 bridgehead atoms. The molecule has 1 saturated carbocycles. The van der Waals surface area contributed by atoms with Gasteiger partial charge in [-0.25, -0.2) is 13.8 Å². The van der Waals surface area contributed by atoms with Crippen molar-refractivity contribution in [2.24, 2.45) is 5.10 Å². The first-order valence-electron chi connectivity index (χ1n) is 11.7. The minimum absolute atomic E-state index is 0.0525. The number of sulfonamides is 1. The molecule has 1 aliphatic rings. The monoisotopic (exact) mass is 516 g/mol. The predicted octanol–water partition coefficient (Wildman–Crippen LogP) is 2.44. The fourth-order valence-corrected chi connectivity index (χ4v) is 4.74. The van der Waals surface area contributed by atoms with E-state index in [-0.39, 0.29) is 24.2 Å². The molecule has 2 N–H and O–H groups in total. The Morgan fingerprint density at radius 3 is 2.42 bits per heavy atom. The zero-order valence-electron chi connectivity index (χ0n) is 20.5. The van der Waals surface area contributed by atoms with E-state index in [1.807, 2.05) is 0 Å². The fraction of sp³-hybridized carbons (Fsp3) is 0.400. The lowest BCUT2D eigenvalue weighted by molar-refractivity contribution is -0.124. The van der Waals surface area contributed by atoms with Gasteiger partial charge in [-0.05, 0) is 54.8 Å². The first-order valence-corrected chi connectivity index (χ1v) is 13.6. The summed E-state index contributed by atoms with van der Waals surface area (Å²) in [6.07, 6.45) is 7.99. The third kappa shape index (κ3) is 8.26. The molecule has 1 fully saturated rings. The van der Waals surface area contributed by atoms with Gasteiger partial charge in [-0.2, -0.15) is 5.10 Å². The average molecular weight is 517 g/mol. The Morgan fingerprint density at radius 2 is 1.75 bits per heavy atom. The van der Waals surface area contributed by atoms with Crippen molar-refractivity contribution in [3.8, 4) is 11.5 Å². The van der Waals surface area contributed by atoms with Crippen LogP contribution in [0, 0.1) is 0 Å². The largest absolute Gasteiger partial charge is 0.495 e. The van der Waals surface area contributed by atoms with Crippen molar-refractivity contribution in [2.75, 3.05) is 30.8 Å². The maximum absolute atomic E-state index is 12.4. The maximum atomic E-state index is 12.4. The van der Waals surface area contributed by atoms with E-state index in [0.717, 1.165) is 36.2 Å². The topological polar surface area (TPSA) is 126 Å². The van der Waals surface area contributed by atoms with Crippen LogP contribution in [0.5, 0.6) is 11.5 Å². The first-order chi connectivity index (χ1) is 17.3. The summed E-state index contributed by atoms with van der Waals surface area (Å²) in [5, 5.41) is 6.90. The lowest BCUT2D eigenvalue weighted by Crippen LogP contribution is -2.39. The highest BCUT2D eigenvalue weighted by Crippen LogP contribution is 2.29. The Balaban J connectivity index is 1.49. The minimum Gasteiger partial charge on any atom is -0.495 e. The van der Waals surface area contributed by atoms with Gasteiger partial charge >= 0.3 is 0 Å². The van der Waals surface area contributed by atoms with Crippen molar-refractivity contribution in [3.05, 3.63) is 54.1 Å². The lowest BCUT2D eigenvalue weighted by atomic mass is 9.95. The zero-order chi connectivity index (χ0) is 26.0. The molecule has 0 atom stereocenters. The molecule has 2 aromatic carbocycles. The average Bonchev–Trinajstić information content (AvgIpc) is 2.87. The lowest BCUT2D eigenvalue weighted by Gasteiger charge is -2.23. The zero-order valence-corrected chi connectivity index (χ0v) is 21.3. The number of hydrazone groups is 1. The summed E-state index contributed by atoms with van der Waals surface area (Å²) in [6.45, 7) is -0.519. The summed E-state index contributed by atoms with van der Waals surface area (Å²) < 4.78 is 36.3. The van der Waals surface area contributed by atoms with Crippen LogP contribution in [0.15, 0.2) is 53.6 Å². The molecule has 0 aliphatic heterocycles. The number of hydrogen-bond acceptors (Lipinski definition) is 7. The van der Waals surface area contributed by atoms with Crippen LogP contribution in [0.25, 0.3) is 0 Å². The normalized spacial score (nSPS) is 14.3. The number of para-hydroxylation sites is 2. The van der Waals surface area contributed by atoms with Crippen molar-refractivity contribution in [1.82, 2.24) is 10.7 Å². The van der Waals surface area contributed by atoms with Crippen LogP contribution in [0.4, 0.5) is 5.69 Å². The third-order valence-corrected chi connectivity index (χ3v) is 6.79. The van der Waals surface area contributed by atoms with E-state index in [2.05, 4.69) is 15.8 Å². The number of nitrogens with one attached hydrogen (secondary N) is 2. The van der Waals surface area contributed by atoms with Crippen LogP contribution in [0.1, 0.15) is 37.7 Å². The second-order valence-corrected chi connectivity index (χ2v) is 10.4. The molecule has 3 rings (SSSR count). The van der Waals surface area contributed by atoms with Gasteiger partial charge in [0.2, 0.25) is 10.0 Å². The van der Waals surface area contributed by atoms with Crippen LogP contribution in [0.2, 0.25) is 0 Å². The summed E-state index contributed by atoms with van der Waals surface area (Å²) in [6, 6.07) is 13.6. The van der Waals surface area contributed by atoms with E-state index in [9.17, 15) is 18.0 Å². The maximum Gasteiger partial charge on any atom is 0.260 e. The molecular weight excluding hydrogens is 484 g/mol. The summed E-state index contributed by atoms with van der Waals surface area (Å²) in [5.41, 5.74) is 3.27. The standard InChI is InChI=1S/C25H32N4O6S/c1-34-23-11-7-6-10-22(23)29(36(2,32)33)17-24(30)28-26-16-19-12-14-21(15-13-19)35-18-25(31)27-20-8-4-3-5-9-20/h6-7,10-16,20H,3-5,8-9,17-18H2,1-2H3,(H,27,31)(H,28,30). The van der Waals surface area contributed by atoms with Gasteiger partial charge in [0.05, 0.1) is 25.3 Å². The highest BCUT2D eigenvalue weighted by molar-refractivity contribution is 7.92. The van der Waals surface area contributed by atoms with E-state index < -0.39 is 22.5 Å². The third-order valence-electron chi connectivity index (χ3n) is 5.66. The number of carbonyl (C=O) groups excluding carboxylic acids is 2. The fourth-order valence-electron chi connectivity index (χ4n) is 3.88. The molecule has 36 heavy (non-hydrogen) atoms. The minimum atomic E-state index is -3.75. The number of amides is 2.